The molecule has 2 unspecified atom stereocenters. The van der Waals surface area contributed by atoms with Crippen molar-refractivity contribution in [2.75, 3.05) is 38.5 Å². The third kappa shape index (κ3) is 2.90. The first-order chi connectivity index (χ1) is 9.55. The molecule has 3 fully saturated rings. The van der Waals surface area contributed by atoms with Crippen LogP contribution in [0.3, 0.4) is 0 Å². The maximum absolute atomic E-state index is 6.30. The van der Waals surface area contributed by atoms with Crippen LogP contribution in [0.1, 0.15) is 46.0 Å². The van der Waals surface area contributed by atoms with Gasteiger partial charge in [0.25, 0.3) is 0 Å². The quantitative estimate of drug-likeness (QED) is 0.846. The first-order valence-corrected chi connectivity index (χ1v) is 9.36. The summed E-state index contributed by atoms with van der Waals surface area (Å²) in [5, 5.41) is 0. The van der Waals surface area contributed by atoms with Crippen LogP contribution in [0, 0.1) is 0 Å². The average Bonchev–Trinajstić information content (AvgIpc) is 2.81. The van der Waals surface area contributed by atoms with E-state index in [9.17, 15) is 0 Å². The van der Waals surface area contributed by atoms with Crippen LogP contribution >= 0.6 is 11.8 Å². The summed E-state index contributed by atoms with van der Waals surface area (Å²) in [6.45, 7) is 10.7. The van der Waals surface area contributed by atoms with Crippen LogP contribution < -0.4 is 5.73 Å². The summed E-state index contributed by atoms with van der Waals surface area (Å²) in [6.07, 6.45) is 6.69. The second-order valence-electron chi connectivity index (χ2n) is 7.56. The lowest BCUT2D eigenvalue weighted by Gasteiger charge is -2.50. The maximum atomic E-state index is 6.30. The standard InChI is InChI=1S/C16H31N3S/c1-15(2)5-9-19(10-11-20-15)16(13-17)6-8-18-7-3-4-14(18)12-16/h14H,3-13,17H2,1-2H3. The Labute approximate surface area is 128 Å². The van der Waals surface area contributed by atoms with E-state index in [2.05, 4.69) is 35.4 Å². The fourth-order valence-electron chi connectivity index (χ4n) is 4.41. The smallest absolute Gasteiger partial charge is 0.0359 e. The van der Waals surface area contributed by atoms with E-state index < -0.39 is 0 Å². The lowest BCUT2D eigenvalue weighted by molar-refractivity contribution is 0.0135. The fourth-order valence-corrected chi connectivity index (χ4v) is 5.51. The van der Waals surface area contributed by atoms with Crippen LogP contribution in [0.4, 0.5) is 0 Å². The Morgan fingerprint density at radius 3 is 2.80 bits per heavy atom. The van der Waals surface area contributed by atoms with Crippen molar-refractivity contribution in [3.8, 4) is 0 Å². The maximum Gasteiger partial charge on any atom is 0.0359 e. The third-order valence-corrected chi connectivity index (χ3v) is 7.24. The summed E-state index contributed by atoms with van der Waals surface area (Å²) >= 11 is 2.14. The zero-order valence-electron chi connectivity index (χ0n) is 13.2. The highest BCUT2D eigenvalue weighted by atomic mass is 32.2. The van der Waals surface area contributed by atoms with Crippen molar-refractivity contribution in [2.24, 2.45) is 5.73 Å². The van der Waals surface area contributed by atoms with Crippen LogP contribution in [-0.2, 0) is 0 Å². The highest BCUT2D eigenvalue weighted by Crippen LogP contribution is 2.39. The van der Waals surface area contributed by atoms with Crippen LogP contribution in [0.25, 0.3) is 0 Å². The number of nitrogens with two attached hydrogens (primary N) is 1. The molecule has 0 radical (unpaired) electrons. The minimum Gasteiger partial charge on any atom is -0.329 e. The third-order valence-electron chi connectivity index (χ3n) is 5.87. The zero-order chi connectivity index (χ0) is 14.2. The molecule has 0 aliphatic carbocycles. The van der Waals surface area contributed by atoms with Crippen molar-refractivity contribution in [1.29, 1.82) is 0 Å². The molecule has 0 aromatic carbocycles. The molecule has 0 aromatic heterocycles. The van der Waals surface area contributed by atoms with Gasteiger partial charge in [-0.2, -0.15) is 11.8 Å². The summed E-state index contributed by atoms with van der Waals surface area (Å²) in [5.41, 5.74) is 6.60. The number of thioether (sulfide) groups is 1. The molecule has 3 rings (SSSR count). The van der Waals surface area contributed by atoms with E-state index in [1.54, 1.807) is 0 Å². The molecule has 20 heavy (non-hydrogen) atoms. The lowest BCUT2D eigenvalue weighted by atomic mass is 9.81. The number of hydrogen-bond donors (Lipinski definition) is 1. The van der Waals surface area contributed by atoms with Gasteiger partial charge in [-0.1, -0.05) is 13.8 Å². The molecule has 3 saturated heterocycles. The molecule has 3 aliphatic rings. The number of rotatable bonds is 2. The van der Waals surface area contributed by atoms with Gasteiger partial charge in [0.2, 0.25) is 0 Å². The van der Waals surface area contributed by atoms with Gasteiger partial charge in [-0.25, -0.2) is 0 Å². The monoisotopic (exact) mass is 297 g/mol. The Balaban J connectivity index is 1.72. The van der Waals surface area contributed by atoms with E-state index in [1.807, 2.05) is 0 Å². The number of nitrogens with zero attached hydrogens (tertiary/aromatic N) is 2. The molecule has 0 bridgehead atoms. The molecule has 0 amide bonds. The minimum atomic E-state index is 0.298. The van der Waals surface area contributed by atoms with E-state index in [4.69, 9.17) is 5.73 Å². The Morgan fingerprint density at radius 2 is 2.00 bits per heavy atom. The Morgan fingerprint density at radius 1 is 1.15 bits per heavy atom. The highest BCUT2D eigenvalue weighted by Gasteiger charge is 2.44. The molecular weight excluding hydrogens is 266 g/mol. The predicted molar refractivity (Wildman–Crippen MR) is 88.3 cm³/mol. The first kappa shape index (κ1) is 15.1. The minimum absolute atomic E-state index is 0.298. The normalized spacial score (nSPS) is 39.5. The predicted octanol–water partition coefficient (Wildman–Crippen LogP) is 2.16. The molecule has 4 heteroatoms. The summed E-state index contributed by atoms with van der Waals surface area (Å²) < 4.78 is 0.443. The largest absolute Gasteiger partial charge is 0.329 e. The lowest BCUT2D eigenvalue weighted by Crippen LogP contribution is -2.61. The SMILES string of the molecule is CC1(C)CCN(C2(CN)CCN3CCCC3C2)CCS1. The number of piperidine rings is 1. The van der Waals surface area contributed by atoms with Crippen molar-refractivity contribution < 1.29 is 0 Å². The van der Waals surface area contributed by atoms with Crippen molar-refractivity contribution in [3.05, 3.63) is 0 Å². The summed E-state index contributed by atoms with van der Waals surface area (Å²) in [5.74, 6) is 1.27. The van der Waals surface area contributed by atoms with E-state index in [-0.39, 0.29) is 0 Å². The molecule has 0 aromatic rings. The Hall–Kier alpha value is 0.230. The second-order valence-corrected chi connectivity index (χ2v) is 9.36. The molecule has 116 valence electrons. The van der Waals surface area contributed by atoms with E-state index in [0.29, 0.717) is 10.3 Å². The van der Waals surface area contributed by atoms with Crippen molar-refractivity contribution in [1.82, 2.24) is 9.80 Å². The van der Waals surface area contributed by atoms with Crippen LogP contribution in [0.2, 0.25) is 0 Å². The van der Waals surface area contributed by atoms with Crippen molar-refractivity contribution in [3.63, 3.8) is 0 Å². The van der Waals surface area contributed by atoms with Crippen molar-refractivity contribution >= 4 is 11.8 Å². The van der Waals surface area contributed by atoms with E-state index in [1.165, 1.54) is 64.0 Å². The van der Waals surface area contributed by atoms with Crippen LogP contribution in [0.5, 0.6) is 0 Å². The highest BCUT2D eigenvalue weighted by molar-refractivity contribution is 8.00. The average molecular weight is 298 g/mol. The van der Waals surface area contributed by atoms with Crippen LogP contribution in [-0.4, -0.2) is 64.6 Å². The molecule has 3 aliphatic heterocycles. The molecule has 0 spiro atoms. The van der Waals surface area contributed by atoms with Gasteiger partial charge >= 0.3 is 0 Å². The first-order valence-electron chi connectivity index (χ1n) is 8.38. The Kier molecular flexibility index (Phi) is 4.38. The van der Waals surface area contributed by atoms with Gasteiger partial charge in [0, 0.05) is 48.3 Å². The topological polar surface area (TPSA) is 32.5 Å². The summed E-state index contributed by atoms with van der Waals surface area (Å²) in [7, 11) is 0. The Bertz CT molecular complexity index is 347. The van der Waals surface area contributed by atoms with Crippen molar-refractivity contribution in [2.45, 2.75) is 62.3 Å². The van der Waals surface area contributed by atoms with Gasteiger partial charge in [0.1, 0.15) is 0 Å². The summed E-state index contributed by atoms with van der Waals surface area (Å²) in [6, 6.07) is 0.816. The van der Waals surface area contributed by atoms with Gasteiger partial charge in [0.15, 0.2) is 0 Å². The molecular formula is C16H31N3S. The van der Waals surface area contributed by atoms with Gasteiger partial charge in [-0.3, -0.25) is 4.90 Å². The molecule has 3 heterocycles. The van der Waals surface area contributed by atoms with Gasteiger partial charge < -0.3 is 10.6 Å². The van der Waals surface area contributed by atoms with Gasteiger partial charge in [-0.15, -0.1) is 0 Å². The molecule has 2 N–H and O–H groups in total. The molecule has 0 saturated carbocycles. The van der Waals surface area contributed by atoms with E-state index in [0.717, 1.165) is 12.6 Å². The fraction of sp³-hybridized carbons (Fsp3) is 1.00. The van der Waals surface area contributed by atoms with Crippen LogP contribution in [0.15, 0.2) is 0 Å². The second kappa shape index (κ2) is 5.79. The molecule has 2 atom stereocenters. The zero-order valence-corrected chi connectivity index (χ0v) is 14.1. The number of hydrogen-bond acceptors (Lipinski definition) is 4. The summed E-state index contributed by atoms with van der Waals surface area (Å²) in [4.78, 5) is 5.48. The molecule has 3 nitrogen and oxygen atoms in total. The number of fused-ring (bicyclic) bond motifs is 1. The van der Waals surface area contributed by atoms with E-state index >= 15 is 0 Å². The van der Waals surface area contributed by atoms with Gasteiger partial charge in [-0.05, 0) is 38.6 Å². The van der Waals surface area contributed by atoms with Gasteiger partial charge in [0.05, 0.1) is 0 Å².